The molecule has 3 saturated carbocycles. The van der Waals surface area contributed by atoms with E-state index in [1.807, 2.05) is 17.8 Å². The molecule has 6 nitrogen and oxygen atoms in total. The summed E-state index contributed by atoms with van der Waals surface area (Å²) in [5, 5.41) is 15.9. The number of thioether (sulfide) groups is 1. The van der Waals surface area contributed by atoms with Crippen molar-refractivity contribution in [1.29, 1.82) is 0 Å². The maximum absolute atomic E-state index is 10.6. The fourth-order valence-electron chi connectivity index (χ4n) is 5.76. The summed E-state index contributed by atoms with van der Waals surface area (Å²) in [6.45, 7) is 5.52. The van der Waals surface area contributed by atoms with Gasteiger partial charge in [0.1, 0.15) is 19.2 Å². The summed E-state index contributed by atoms with van der Waals surface area (Å²) in [5.41, 5.74) is 1.09. The molecule has 0 spiro atoms. The van der Waals surface area contributed by atoms with Gasteiger partial charge in [0, 0.05) is 16.3 Å². The molecule has 1 saturated heterocycles. The van der Waals surface area contributed by atoms with Gasteiger partial charge in [-0.15, -0.1) is 0 Å². The van der Waals surface area contributed by atoms with E-state index in [0.717, 1.165) is 23.5 Å². The molecule has 9 heteroatoms. The van der Waals surface area contributed by atoms with E-state index in [-0.39, 0.29) is 12.2 Å². The number of fused-ring (bicyclic) bond motifs is 2. The lowest BCUT2D eigenvalue weighted by Crippen LogP contribution is -2.58. The molecule has 2 aromatic rings. The molecule has 174 valence electrons. The second kappa shape index (κ2) is 8.75. The minimum atomic E-state index is -1.05. The van der Waals surface area contributed by atoms with Crippen LogP contribution in [0, 0.1) is 23.2 Å². The van der Waals surface area contributed by atoms with Gasteiger partial charge >= 0.3 is 0 Å². The van der Waals surface area contributed by atoms with Crippen molar-refractivity contribution in [2.45, 2.75) is 51.2 Å². The number of benzene rings is 1. The molecule has 6 atom stereocenters. The van der Waals surface area contributed by atoms with Gasteiger partial charge in [-0.1, -0.05) is 43.1 Å². The van der Waals surface area contributed by atoms with Crippen LogP contribution in [0.25, 0.3) is 0 Å². The number of hydrogen-bond donors (Lipinski definition) is 1. The molecule has 1 aliphatic heterocycles. The van der Waals surface area contributed by atoms with Crippen LogP contribution in [0.4, 0.5) is 0 Å². The Hall–Kier alpha value is -0.830. The number of hydrogen-bond acceptors (Lipinski definition) is 6. The first kappa shape index (κ1) is 22.9. The van der Waals surface area contributed by atoms with E-state index < -0.39 is 5.79 Å². The maximum atomic E-state index is 10.6. The Labute approximate surface area is 203 Å². The van der Waals surface area contributed by atoms with Crippen molar-refractivity contribution < 1.29 is 14.6 Å². The number of aromatic nitrogens is 3. The molecule has 1 N–H and O–H groups in total. The van der Waals surface area contributed by atoms with Crippen LogP contribution in [0.15, 0.2) is 30.9 Å². The van der Waals surface area contributed by atoms with Crippen LogP contribution in [0.3, 0.4) is 0 Å². The third-order valence-corrected chi connectivity index (χ3v) is 9.51. The molecule has 3 aliphatic carbocycles. The van der Waals surface area contributed by atoms with Crippen LogP contribution in [0.1, 0.15) is 32.3 Å². The molecule has 4 fully saturated rings. The van der Waals surface area contributed by atoms with Crippen molar-refractivity contribution in [3.8, 4) is 0 Å². The second-order valence-corrected chi connectivity index (χ2v) is 11.8. The Bertz CT molecular complexity index is 960. The lowest BCUT2D eigenvalue weighted by atomic mass is 9.45. The lowest BCUT2D eigenvalue weighted by molar-refractivity contribution is -0.186. The summed E-state index contributed by atoms with van der Waals surface area (Å²) in [6.07, 6.45) is 5.06. The summed E-state index contributed by atoms with van der Waals surface area (Å²) in [7, 11) is 0. The highest BCUT2D eigenvalue weighted by atomic mass is 35.5. The smallest absolute Gasteiger partial charge is 0.217 e. The van der Waals surface area contributed by atoms with Gasteiger partial charge in [-0.2, -0.15) is 16.9 Å². The van der Waals surface area contributed by atoms with Gasteiger partial charge < -0.3 is 14.6 Å². The minimum absolute atomic E-state index is 0.0850. The van der Waals surface area contributed by atoms with Crippen LogP contribution in [0.2, 0.25) is 10.0 Å². The first-order valence-corrected chi connectivity index (χ1v) is 13.0. The van der Waals surface area contributed by atoms with Gasteiger partial charge in [-0.3, -0.25) is 0 Å². The fourth-order valence-corrected chi connectivity index (χ4v) is 7.60. The average Bonchev–Trinajstić information content (AvgIpc) is 3.39. The molecule has 2 bridgehead atoms. The van der Waals surface area contributed by atoms with E-state index in [0.29, 0.717) is 46.4 Å². The Morgan fingerprint density at radius 1 is 1.25 bits per heavy atom. The van der Waals surface area contributed by atoms with Crippen molar-refractivity contribution in [3.05, 3.63) is 46.5 Å². The van der Waals surface area contributed by atoms with Crippen molar-refractivity contribution in [1.82, 2.24) is 14.8 Å². The maximum Gasteiger partial charge on any atom is 0.217 e. The van der Waals surface area contributed by atoms with Crippen molar-refractivity contribution in [2.24, 2.45) is 23.2 Å². The Kier molecular flexibility index (Phi) is 6.27. The summed E-state index contributed by atoms with van der Waals surface area (Å²) in [6, 6.07) is 5.35. The summed E-state index contributed by atoms with van der Waals surface area (Å²) >= 11 is 14.5. The first-order valence-electron chi connectivity index (χ1n) is 11.1. The van der Waals surface area contributed by atoms with E-state index in [1.54, 1.807) is 23.1 Å². The van der Waals surface area contributed by atoms with E-state index in [4.69, 9.17) is 32.7 Å². The highest BCUT2D eigenvalue weighted by molar-refractivity contribution is 7.99. The van der Waals surface area contributed by atoms with Crippen molar-refractivity contribution >= 4 is 35.0 Å². The lowest BCUT2D eigenvalue weighted by Gasteiger charge is -2.61. The highest BCUT2D eigenvalue weighted by Gasteiger charge is 2.57. The number of rotatable bonds is 7. The Balaban J connectivity index is 1.26. The zero-order valence-corrected chi connectivity index (χ0v) is 20.6. The Morgan fingerprint density at radius 3 is 2.81 bits per heavy atom. The average molecular weight is 498 g/mol. The standard InChI is InChI=1S/C23H29Cl2N3O3S/c1-22(2)14-5-19(22)17(21(29)6-14)10-32-9-16-8-30-23(31-16,11-28-13-26-12-27-28)18-4-3-15(24)7-20(18)25/h3-4,7,12-14,16-17,19,21,29H,5-6,8-11H2,1-2H3/t14-,16-,17+,19+,21+,23-/m1/s1. The number of halogens is 2. The number of aliphatic hydroxyl groups excluding tert-OH is 1. The van der Waals surface area contributed by atoms with Gasteiger partial charge in [0.15, 0.2) is 0 Å². The number of aliphatic hydroxyl groups is 1. The predicted octanol–water partition coefficient (Wildman–Crippen LogP) is 4.63. The highest BCUT2D eigenvalue weighted by Crippen LogP contribution is 2.61. The van der Waals surface area contributed by atoms with Gasteiger partial charge in [-0.05, 0) is 53.9 Å². The number of ether oxygens (including phenoxy) is 2. The predicted molar refractivity (Wildman–Crippen MR) is 126 cm³/mol. The topological polar surface area (TPSA) is 69.4 Å². The van der Waals surface area contributed by atoms with E-state index in [2.05, 4.69) is 23.9 Å². The quantitative estimate of drug-likeness (QED) is 0.601. The van der Waals surface area contributed by atoms with Crippen LogP contribution in [-0.2, 0) is 21.8 Å². The molecule has 32 heavy (non-hydrogen) atoms. The zero-order chi connectivity index (χ0) is 22.5. The molecule has 0 unspecified atom stereocenters. The minimum Gasteiger partial charge on any atom is -0.393 e. The fraction of sp³-hybridized carbons (Fsp3) is 0.652. The van der Waals surface area contributed by atoms with Crippen LogP contribution in [-0.4, -0.2) is 50.2 Å². The van der Waals surface area contributed by atoms with E-state index in [9.17, 15) is 5.11 Å². The zero-order valence-electron chi connectivity index (χ0n) is 18.3. The third-order valence-electron chi connectivity index (χ3n) is 7.74. The molecular formula is C23H29Cl2N3O3S. The van der Waals surface area contributed by atoms with Gasteiger partial charge in [0.2, 0.25) is 5.79 Å². The van der Waals surface area contributed by atoms with Crippen molar-refractivity contribution in [2.75, 3.05) is 18.1 Å². The second-order valence-electron chi connectivity index (χ2n) is 9.89. The van der Waals surface area contributed by atoms with Crippen molar-refractivity contribution in [3.63, 3.8) is 0 Å². The van der Waals surface area contributed by atoms with Crippen LogP contribution < -0.4 is 0 Å². The van der Waals surface area contributed by atoms with E-state index >= 15 is 0 Å². The molecule has 4 aliphatic rings. The van der Waals surface area contributed by atoms with Gasteiger partial charge in [0.05, 0.1) is 23.8 Å². The van der Waals surface area contributed by atoms with Gasteiger partial charge in [-0.25, -0.2) is 9.67 Å². The SMILES string of the molecule is CC1(C)[C@H]2C[C@H](O)[C@@H](CSC[C@H]3CO[C@@](Cn4cncn4)(c4ccc(Cl)cc4Cl)O3)[C@@H]1C2. The van der Waals surface area contributed by atoms with Crippen LogP contribution >= 0.6 is 35.0 Å². The largest absolute Gasteiger partial charge is 0.393 e. The number of nitrogens with zero attached hydrogens (tertiary/aromatic N) is 3. The van der Waals surface area contributed by atoms with Crippen LogP contribution in [0.5, 0.6) is 0 Å². The summed E-state index contributed by atoms with van der Waals surface area (Å²) in [4.78, 5) is 4.03. The van der Waals surface area contributed by atoms with Gasteiger partial charge in [0.25, 0.3) is 0 Å². The molecule has 6 rings (SSSR count). The molecular weight excluding hydrogens is 469 g/mol. The molecule has 0 amide bonds. The summed E-state index contributed by atoms with van der Waals surface area (Å²) in [5.74, 6) is 2.34. The third kappa shape index (κ3) is 4.10. The summed E-state index contributed by atoms with van der Waals surface area (Å²) < 4.78 is 14.4. The molecule has 2 heterocycles. The molecule has 1 aromatic heterocycles. The Morgan fingerprint density at radius 2 is 2.09 bits per heavy atom. The molecule has 0 radical (unpaired) electrons. The monoisotopic (exact) mass is 497 g/mol. The normalized spacial score (nSPS) is 35.6. The molecule has 1 aromatic carbocycles. The first-order chi connectivity index (χ1) is 15.3. The van der Waals surface area contributed by atoms with E-state index in [1.165, 1.54) is 12.7 Å².